The molecular weight excluding hydrogens is 295 g/mol. The fourth-order valence-electron chi connectivity index (χ4n) is 4.32. The number of carbonyl (C=O) groups excluding carboxylic acids is 1. The standard InChI is InChI=1S/C16H24F3NO2/c17-16(18,19)13-5-3-4-12(10-13)14(21)20-8-9-22-15(11-20)6-1-2-7-15/h12-13H,1-11H2/t12-,13+/m1/s1. The van der Waals surface area contributed by atoms with Crippen LogP contribution in [0.15, 0.2) is 0 Å². The first-order valence-corrected chi connectivity index (χ1v) is 8.39. The van der Waals surface area contributed by atoms with Crippen molar-refractivity contribution >= 4 is 5.91 Å². The smallest absolute Gasteiger partial charge is 0.371 e. The minimum absolute atomic E-state index is 0.0350. The highest BCUT2D eigenvalue weighted by Crippen LogP contribution is 2.41. The van der Waals surface area contributed by atoms with Crippen LogP contribution in [0.1, 0.15) is 51.4 Å². The lowest BCUT2D eigenvalue weighted by atomic mass is 9.80. The first kappa shape index (κ1) is 16.1. The van der Waals surface area contributed by atoms with Crippen molar-refractivity contribution in [3.05, 3.63) is 0 Å². The molecule has 0 N–H and O–H groups in total. The Morgan fingerprint density at radius 1 is 1.14 bits per heavy atom. The van der Waals surface area contributed by atoms with E-state index in [9.17, 15) is 18.0 Å². The number of nitrogens with zero attached hydrogens (tertiary/aromatic N) is 1. The van der Waals surface area contributed by atoms with Crippen molar-refractivity contribution in [1.29, 1.82) is 0 Å². The maximum Gasteiger partial charge on any atom is 0.391 e. The van der Waals surface area contributed by atoms with Gasteiger partial charge in [-0.05, 0) is 32.1 Å². The molecule has 0 unspecified atom stereocenters. The van der Waals surface area contributed by atoms with E-state index in [1.54, 1.807) is 4.90 Å². The van der Waals surface area contributed by atoms with Gasteiger partial charge in [-0.25, -0.2) is 0 Å². The van der Waals surface area contributed by atoms with Crippen LogP contribution in [-0.4, -0.2) is 42.3 Å². The Morgan fingerprint density at radius 2 is 1.86 bits per heavy atom. The summed E-state index contributed by atoms with van der Waals surface area (Å²) in [5, 5.41) is 0. The fraction of sp³-hybridized carbons (Fsp3) is 0.938. The zero-order valence-corrected chi connectivity index (χ0v) is 12.8. The van der Waals surface area contributed by atoms with Gasteiger partial charge in [0.2, 0.25) is 5.91 Å². The van der Waals surface area contributed by atoms with Crippen molar-refractivity contribution in [3.8, 4) is 0 Å². The Bertz CT molecular complexity index is 418. The minimum atomic E-state index is -4.17. The van der Waals surface area contributed by atoms with Gasteiger partial charge in [-0.1, -0.05) is 19.3 Å². The van der Waals surface area contributed by atoms with Gasteiger partial charge < -0.3 is 9.64 Å². The van der Waals surface area contributed by atoms with E-state index in [0.29, 0.717) is 32.5 Å². The summed E-state index contributed by atoms with van der Waals surface area (Å²) in [6, 6.07) is 0. The summed E-state index contributed by atoms with van der Waals surface area (Å²) in [5.41, 5.74) is -0.216. The molecule has 3 nitrogen and oxygen atoms in total. The molecule has 0 aromatic carbocycles. The van der Waals surface area contributed by atoms with Gasteiger partial charge >= 0.3 is 6.18 Å². The molecule has 3 rings (SSSR count). The largest absolute Gasteiger partial charge is 0.391 e. The van der Waals surface area contributed by atoms with E-state index in [0.717, 1.165) is 25.7 Å². The van der Waals surface area contributed by atoms with Gasteiger partial charge in [0.1, 0.15) is 0 Å². The summed E-state index contributed by atoms with van der Waals surface area (Å²) < 4.78 is 44.6. The molecule has 2 atom stereocenters. The molecule has 22 heavy (non-hydrogen) atoms. The summed E-state index contributed by atoms with van der Waals surface area (Å²) in [5.74, 6) is -1.85. The lowest BCUT2D eigenvalue weighted by Crippen LogP contribution is -2.54. The van der Waals surface area contributed by atoms with E-state index in [2.05, 4.69) is 0 Å². The molecule has 0 aromatic heterocycles. The molecule has 1 spiro atoms. The normalized spacial score (nSPS) is 32.4. The Hall–Kier alpha value is -0.780. The molecule has 0 bridgehead atoms. The SMILES string of the molecule is O=C([C@@H]1CCC[C@H](C(F)(F)F)C1)N1CCOC2(CCCC2)C1. The lowest BCUT2D eigenvalue weighted by molar-refractivity contribution is -0.188. The van der Waals surface area contributed by atoms with Gasteiger partial charge in [0.05, 0.1) is 18.1 Å². The highest BCUT2D eigenvalue weighted by molar-refractivity contribution is 5.79. The second kappa shape index (κ2) is 6.02. The summed E-state index contributed by atoms with van der Waals surface area (Å²) in [7, 11) is 0. The predicted octanol–water partition coefficient (Wildman–Crippen LogP) is 3.53. The second-order valence-electron chi connectivity index (χ2n) is 7.10. The topological polar surface area (TPSA) is 29.5 Å². The van der Waals surface area contributed by atoms with Crippen molar-refractivity contribution in [2.24, 2.45) is 11.8 Å². The van der Waals surface area contributed by atoms with Crippen LogP contribution < -0.4 is 0 Å². The van der Waals surface area contributed by atoms with E-state index in [-0.39, 0.29) is 24.3 Å². The number of alkyl halides is 3. The van der Waals surface area contributed by atoms with Gasteiger partial charge in [-0.3, -0.25) is 4.79 Å². The molecule has 1 heterocycles. The number of halogens is 3. The number of carbonyl (C=O) groups is 1. The van der Waals surface area contributed by atoms with Gasteiger partial charge in [-0.2, -0.15) is 13.2 Å². The molecule has 3 aliphatic rings. The third-order valence-electron chi connectivity index (χ3n) is 5.56. The zero-order valence-electron chi connectivity index (χ0n) is 12.8. The Labute approximate surface area is 129 Å². The number of rotatable bonds is 1. The van der Waals surface area contributed by atoms with E-state index >= 15 is 0 Å². The van der Waals surface area contributed by atoms with E-state index in [1.165, 1.54) is 0 Å². The van der Waals surface area contributed by atoms with Gasteiger partial charge in [0.25, 0.3) is 0 Å². The van der Waals surface area contributed by atoms with Crippen LogP contribution in [0.3, 0.4) is 0 Å². The quantitative estimate of drug-likeness (QED) is 0.740. The predicted molar refractivity (Wildman–Crippen MR) is 75.2 cm³/mol. The van der Waals surface area contributed by atoms with Crippen LogP contribution in [-0.2, 0) is 9.53 Å². The molecule has 2 aliphatic carbocycles. The van der Waals surface area contributed by atoms with Crippen molar-refractivity contribution < 1.29 is 22.7 Å². The van der Waals surface area contributed by atoms with Crippen molar-refractivity contribution in [1.82, 2.24) is 4.90 Å². The fourth-order valence-corrected chi connectivity index (χ4v) is 4.32. The van der Waals surface area contributed by atoms with Crippen LogP contribution in [0.25, 0.3) is 0 Å². The molecule has 0 aromatic rings. The molecule has 1 saturated heterocycles. The maximum atomic E-state index is 12.9. The lowest BCUT2D eigenvalue weighted by Gasteiger charge is -2.42. The number of hydrogen-bond acceptors (Lipinski definition) is 2. The number of morpholine rings is 1. The van der Waals surface area contributed by atoms with E-state index in [1.807, 2.05) is 0 Å². The van der Waals surface area contributed by atoms with Crippen LogP contribution in [0.5, 0.6) is 0 Å². The molecule has 2 saturated carbocycles. The number of ether oxygens (including phenoxy) is 1. The molecule has 1 amide bonds. The Morgan fingerprint density at radius 3 is 2.55 bits per heavy atom. The third-order valence-corrected chi connectivity index (χ3v) is 5.56. The Balaban J connectivity index is 1.63. The first-order chi connectivity index (χ1) is 10.4. The first-order valence-electron chi connectivity index (χ1n) is 8.39. The highest BCUT2D eigenvalue weighted by Gasteiger charge is 2.46. The average Bonchev–Trinajstić information content (AvgIpc) is 2.93. The second-order valence-corrected chi connectivity index (χ2v) is 7.10. The van der Waals surface area contributed by atoms with E-state index in [4.69, 9.17) is 4.74 Å². The Kier molecular flexibility index (Phi) is 4.40. The summed E-state index contributed by atoms with van der Waals surface area (Å²) in [6.45, 7) is 1.61. The maximum absolute atomic E-state index is 12.9. The third kappa shape index (κ3) is 3.26. The van der Waals surface area contributed by atoms with Crippen LogP contribution in [0.2, 0.25) is 0 Å². The molecule has 0 radical (unpaired) electrons. The van der Waals surface area contributed by atoms with Crippen LogP contribution in [0.4, 0.5) is 13.2 Å². The van der Waals surface area contributed by atoms with Crippen molar-refractivity contribution in [3.63, 3.8) is 0 Å². The summed E-state index contributed by atoms with van der Waals surface area (Å²) in [4.78, 5) is 14.4. The zero-order chi connectivity index (χ0) is 15.8. The summed E-state index contributed by atoms with van der Waals surface area (Å²) in [6.07, 6.45) is 1.21. The molecule has 1 aliphatic heterocycles. The van der Waals surface area contributed by atoms with Crippen LogP contribution >= 0.6 is 0 Å². The number of amides is 1. The average molecular weight is 319 g/mol. The highest BCUT2D eigenvalue weighted by atomic mass is 19.4. The van der Waals surface area contributed by atoms with Crippen molar-refractivity contribution in [2.75, 3.05) is 19.7 Å². The molecular formula is C16H24F3NO2. The monoisotopic (exact) mass is 319 g/mol. The summed E-state index contributed by atoms with van der Waals surface area (Å²) >= 11 is 0. The molecule has 3 fully saturated rings. The van der Waals surface area contributed by atoms with Gasteiger partial charge in [0, 0.05) is 19.0 Å². The van der Waals surface area contributed by atoms with Gasteiger partial charge in [0.15, 0.2) is 0 Å². The molecule has 126 valence electrons. The van der Waals surface area contributed by atoms with E-state index < -0.39 is 18.0 Å². The minimum Gasteiger partial charge on any atom is -0.371 e. The van der Waals surface area contributed by atoms with Crippen LogP contribution in [0, 0.1) is 11.8 Å². The van der Waals surface area contributed by atoms with Crippen molar-refractivity contribution in [2.45, 2.75) is 63.1 Å². The van der Waals surface area contributed by atoms with Gasteiger partial charge in [-0.15, -0.1) is 0 Å². The molecule has 6 heteroatoms. The number of hydrogen-bond donors (Lipinski definition) is 0.